The SMILES string of the molecule is CCNC(c1cc(C)cc(Br)c1)c1cccc(OCC)c1. The summed E-state index contributed by atoms with van der Waals surface area (Å²) in [6.07, 6.45) is 0. The summed E-state index contributed by atoms with van der Waals surface area (Å²) in [4.78, 5) is 0. The molecule has 0 saturated carbocycles. The fraction of sp³-hybridized carbons (Fsp3) is 0.333. The first-order valence-corrected chi connectivity index (χ1v) is 8.16. The van der Waals surface area contributed by atoms with Gasteiger partial charge in [-0.1, -0.05) is 41.1 Å². The van der Waals surface area contributed by atoms with Crippen LogP contribution in [0.1, 0.15) is 36.6 Å². The molecule has 2 nitrogen and oxygen atoms in total. The number of aryl methyl sites for hydroxylation is 1. The normalized spacial score (nSPS) is 12.2. The number of hydrogen-bond donors (Lipinski definition) is 1. The topological polar surface area (TPSA) is 21.3 Å². The van der Waals surface area contributed by atoms with E-state index in [0.717, 1.165) is 16.8 Å². The van der Waals surface area contributed by atoms with E-state index in [9.17, 15) is 0 Å². The minimum atomic E-state index is 0.173. The van der Waals surface area contributed by atoms with Gasteiger partial charge in [-0.2, -0.15) is 0 Å². The van der Waals surface area contributed by atoms with E-state index in [2.05, 4.69) is 71.5 Å². The van der Waals surface area contributed by atoms with Gasteiger partial charge in [-0.15, -0.1) is 0 Å². The van der Waals surface area contributed by atoms with Gasteiger partial charge in [-0.3, -0.25) is 0 Å². The van der Waals surface area contributed by atoms with Crippen LogP contribution in [-0.2, 0) is 0 Å². The second-order valence-electron chi connectivity index (χ2n) is 5.06. The van der Waals surface area contributed by atoms with Crippen molar-refractivity contribution in [3.8, 4) is 5.75 Å². The van der Waals surface area contributed by atoms with Crippen molar-refractivity contribution in [3.63, 3.8) is 0 Å². The van der Waals surface area contributed by atoms with E-state index in [0.29, 0.717) is 6.61 Å². The van der Waals surface area contributed by atoms with Crippen LogP contribution in [0, 0.1) is 6.92 Å². The molecule has 0 aromatic heterocycles. The van der Waals surface area contributed by atoms with E-state index >= 15 is 0 Å². The first kappa shape index (κ1) is 16.1. The van der Waals surface area contributed by atoms with E-state index in [1.165, 1.54) is 16.7 Å². The minimum Gasteiger partial charge on any atom is -0.494 e. The molecule has 2 aromatic carbocycles. The van der Waals surface area contributed by atoms with Crippen LogP contribution in [0.4, 0.5) is 0 Å². The van der Waals surface area contributed by atoms with Gasteiger partial charge in [0.05, 0.1) is 12.6 Å². The lowest BCUT2D eigenvalue weighted by atomic mass is 9.97. The molecule has 0 saturated heterocycles. The fourth-order valence-electron chi connectivity index (χ4n) is 2.51. The standard InChI is InChI=1S/C18H22BrNO/c1-4-20-18(15-9-13(3)10-16(19)11-15)14-7-6-8-17(12-14)21-5-2/h6-12,18,20H,4-5H2,1-3H3. The molecule has 0 heterocycles. The summed E-state index contributed by atoms with van der Waals surface area (Å²) < 4.78 is 6.73. The predicted octanol–water partition coefficient (Wildman–Crippen LogP) is 4.86. The summed E-state index contributed by atoms with van der Waals surface area (Å²) in [7, 11) is 0. The zero-order chi connectivity index (χ0) is 15.2. The van der Waals surface area contributed by atoms with E-state index in [1.54, 1.807) is 0 Å². The Morgan fingerprint density at radius 1 is 1.10 bits per heavy atom. The van der Waals surface area contributed by atoms with Gasteiger partial charge in [0.1, 0.15) is 5.75 Å². The second-order valence-corrected chi connectivity index (χ2v) is 5.97. The molecule has 112 valence electrons. The monoisotopic (exact) mass is 347 g/mol. The number of hydrogen-bond acceptors (Lipinski definition) is 2. The number of ether oxygens (including phenoxy) is 1. The minimum absolute atomic E-state index is 0.173. The van der Waals surface area contributed by atoms with Gasteiger partial charge in [0.2, 0.25) is 0 Å². The average molecular weight is 348 g/mol. The van der Waals surface area contributed by atoms with Gasteiger partial charge >= 0.3 is 0 Å². The number of benzene rings is 2. The van der Waals surface area contributed by atoms with Crippen LogP contribution in [0.25, 0.3) is 0 Å². The Labute approximate surface area is 135 Å². The van der Waals surface area contributed by atoms with Crippen molar-refractivity contribution < 1.29 is 4.74 Å². The summed E-state index contributed by atoms with van der Waals surface area (Å²) in [5.41, 5.74) is 3.74. The van der Waals surface area contributed by atoms with Crippen LogP contribution in [0.3, 0.4) is 0 Å². The number of halogens is 1. The second kappa shape index (κ2) is 7.62. The molecule has 1 N–H and O–H groups in total. The summed E-state index contributed by atoms with van der Waals surface area (Å²) in [5, 5.41) is 3.56. The highest BCUT2D eigenvalue weighted by Crippen LogP contribution is 2.28. The summed E-state index contributed by atoms with van der Waals surface area (Å²) in [6.45, 7) is 7.85. The van der Waals surface area contributed by atoms with E-state index < -0.39 is 0 Å². The molecule has 2 aromatic rings. The molecule has 0 radical (unpaired) electrons. The Morgan fingerprint density at radius 2 is 1.90 bits per heavy atom. The van der Waals surface area contributed by atoms with Crippen molar-refractivity contribution in [1.29, 1.82) is 0 Å². The van der Waals surface area contributed by atoms with Crippen LogP contribution >= 0.6 is 15.9 Å². The lowest BCUT2D eigenvalue weighted by Crippen LogP contribution is -2.22. The maximum Gasteiger partial charge on any atom is 0.119 e. The maximum atomic E-state index is 5.62. The molecular formula is C18H22BrNO. The molecule has 21 heavy (non-hydrogen) atoms. The molecule has 0 amide bonds. The lowest BCUT2D eigenvalue weighted by Gasteiger charge is -2.20. The molecule has 0 aliphatic carbocycles. The van der Waals surface area contributed by atoms with Crippen LogP contribution in [0.2, 0.25) is 0 Å². The lowest BCUT2D eigenvalue weighted by molar-refractivity contribution is 0.339. The Balaban J connectivity index is 2.40. The van der Waals surface area contributed by atoms with Crippen LogP contribution in [-0.4, -0.2) is 13.2 Å². The number of nitrogens with one attached hydrogen (secondary N) is 1. The highest BCUT2D eigenvalue weighted by Gasteiger charge is 2.14. The largest absolute Gasteiger partial charge is 0.494 e. The summed E-state index contributed by atoms with van der Waals surface area (Å²) in [5.74, 6) is 0.921. The van der Waals surface area contributed by atoms with Gasteiger partial charge in [0.25, 0.3) is 0 Å². The van der Waals surface area contributed by atoms with Gasteiger partial charge < -0.3 is 10.1 Å². The third kappa shape index (κ3) is 4.32. The Kier molecular flexibility index (Phi) is 5.83. The molecule has 3 heteroatoms. The Morgan fingerprint density at radius 3 is 2.57 bits per heavy atom. The highest BCUT2D eigenvalue weighted by molar-refractivity contribution is 9.10. The third-order valence-electron chi connectivity index (χ3n) is 3.31. The zero-order valence-corrected chi connectivity index (χ0v) is 14.4. The number of rotatable bonds is 6. The summed E-state index contributed by atoms with van der Waals surface area (Å²) in [6, 6.07) is 15.0. The van der Waals surface area contributed by atoms with Crippen LogP contribution in [0.15, 0.2) is 46.9 Å². The molecule has 0 fully saturated rings. The molecule has 1 unspecified atom stereocenters. The van der Waals surface area contributed by atoms with Crippen molar-refractivity contribution in [3.05, 3.63) is 63.6 Å². The van der Waals surface area contributed by atoms with Crippen LogP contribution < -0.4 is 10.1 Å². The first-order valence-electron chi connectivity index (χ1n) is 7.37. The predicted molar refractivity (Wildman–Crippen MR) is 92.0 cm³/mol. The quantitative estimate of drug-likeness (QED) is 0.805. The van der Waals surface area contributed by atoms with Gasteiger partial charge in [0, 0.05) is 4.47 Å². The van der Waals surface area contributed by atoms with Gasteiger partial charge in [-0.05, 0) is 61.3 Å². The molecular weight excluding hydrogens is 326 g/mol. The van der Waals surface area contributed by atoms with Crippen molar-refractivity contribution >= 4 is 15.9 Å². The smallest absolute Gasteiger partial charge is 0.119 e. The molecule has 0 bridgehead atoms. The molecule has 1 atom stereocenters. The Bertz CT molecular complexity index is 577. The maximum absolute atomic E-state index is 5.62. The summed E-state index contributed by atoms with van der Waals surface area (Å²) >= 11 is 3.59. The molecule has 0 spiro atoms. The fourth-order valence-corrected chi connectivity index (χ4v) is 3.14. The molecule has 2 rings (SSSR count). The van der Waals surface area contributed by atoms with Gasteiger partial charge in [-0.25, -0.2) is 0 Å². The van der Waals surface area contributed by atoms with Crippen molar-refractivity contribution in [2.24, 2.45) is 0 Å². The van der Waals surface area contributed by atoms with E-state index in [1.807, 2.05) is 13.0 Å². The van der Waals surface area contributed by atoms with Crippen molar-refractivity contribution in [1.82, 2.24) is 5.32 Å². The van der Waals surface area contributed by atoms with E-state index in [4.69, 9.17) is 4.74 Å². The Hall–Kier alpha value is -1.32. The van der Waals surface area contributed by atoms with E-state index in [-0.39, 0.29) is 6.04 Å². The van der Waals surface area contributed by atoms with Crippen molar-refractivity contribution in [2.45, 2.75) is 26.8 Å². The first-order chi connectivity index (χ1) is 10.1. The van der Waals surface area contributed by atoms with Gasteiger partial charge in [0.15, 0.2) is 0 Å². The average Bonchev–Trinajstić information content (AvgIpc) is 2.44. The molecule has 0 aliphatic rings. The zero-order valence-electron chi connectivity index (χ0n) is 12.8. The highest BCUT2D eigenvalue weighted by atomic mass is 79.9. The van der Waals surface area contributed by atoms with Crippen LogP contribution in [0.5, 0.6) is 5.75 Å². The molecule has 0 aliphatic heterocycles. The third-order valence-corrected chi connectivity index (χ3v) is 3.77. The van der Waals surface area contributed by atoms with Crippen molar-refractivity contribution in [2.75, 3.05) is 13.2 Å².